The van der Waals surface area contributed by atoms with Crippen molar-refractivity contribution >= 4 is 11.7 Å². The van der Waals surface area contributed by atoms with E-state index in [1.54, 1.807) is 0 Å². The minimum absolute atomic E-state index is 0.0000491. The molecule has 2 N–H and O–H groups in total. The summed E-state index contributed by atoms with van der Waals surface area (Å²) in [5.41, 5.74) is 3.75. The van der Waals surface area contributed by atoms with E-state index in [4.69, 9.17) is 0 Å². The van der Waals surface area contributed by atoms with Crippen LogP contribution < -0.4 is 5.32 Å². The smallest absolute Gasteiger partial charge is 0.275 e. The molecule has 1 unspecified atom stereocenters. The van der Waals surface area contributed by atoms with Gasteiger partial charge in [0.1, 0.15) is 11.6 Å². The van der Waals surface area contributed by atoms with E-state index in [2.05, 4.69) is 25.5 Å². The van der Waals surface area contributed by atoms with Crippen molar-refractivity contribution in [2.24, 2.45) is 0 Å². The lowest BCUT2D eigenvalue weighted by molar-refractivity contribution is 0.0725. The van der Waals surface area contributed by atoms with Gasteiger partial charge < -0.3 is 10.2 Å². The maximum Gasteiger partial charge on any atom is 0.275 e. The fraction of sp³-hybridized carbons (Fsp3) is 0.529. The van der Waals surface area contributed by atoms with Crippen LogP contribution in [-0.2, 0) is 12.8 Å². The summed E-state index contributed by atoms with van der Waals surface area (Å²) in [5, 5.41) is 10.4. The molecule has 0 aromatic carbocycles. The van der Waals surface area contributed by atoms with Crippen LogP contribution in [0, 0.1) is 6.92 Å². The van der Waals surface area contributed by atoms with E-state index < -0.39 is 0 Å². The summed E-state index contributed by atoms with van der Waals surface area (Å²) < 4.78 is 0. The first-order valence-electron chi connectivity index (χ1n) is 8.58. The maximum absolute atomic E-state index is 13.1. The van der Waals surface area contributed by atoms with Gasteiger partial charge in [-0.25, -0.2) is 9.97 Å². The molecule has 24 heavy (non-hydrogen) atoms. The van der Waals surface area contributed by atoms with Crippen LogP contribution in [0.3, 0.4) is 0 Å². The van der Waals surface area contributed by atoms with Gasteiger partial charge in [0.2, 0.25) is 0 Å². The Kier molecular flexibility index (Phi) is 3.70. The largest absolute Gasteiger partial charge is 0.373 e. The number of H-pyrrole nitrogens is 1. The average molecular weight is 326 g/mol. The first kappa shape index (κ1) is 15.1. The molecule has 1 aliphatic carbocycles. The molecule has 0 bridgehead atoms. The van der Waals surface area contributed by atoms with Gasteiger partial charge in [0.25, 0.3) is 5.91 Å². The van der Waals surface area contributed by atoms with E-state index in [0.717, 1.165) is 67.2 Å². The molecule has 7 nitrogen and oxygen atoms in total. The number of hydrogen-bond acceptors (Lipinski definition) is 5. The summed E-state index contributed by atoms with van der Waals surface area (Å²) in [7, 11) is 1.84. The normalized spacial score (nSPS) is 19.6. The van der Waals surface area contributed by atoms with Crippen LogP contribution in [-0.4, -0.2) is 44.6 Å². The highest BCUT2D eigenvalue weighted by atomic mass is 16.2. The molecule has 1 amide bonds. The van der Waals surface area contributed by atoms with Gasteiger partial charge >= 0.3 is 0 Å². The fourth-order valence-electron chi connectivity index (χ4n) is 3.84. The molecular weight excluding hydrogens is 304 g/mol. The second kappa shape index (κ2) is 5.89. The fourth-order valence-corrected chi connectivity index (χ4v) is 3.84. The lowest BCUT2D eigenvalue weighted by atomic mass is 10.1. The zero-order valence-electron chi connectivity index (χ0n) is 14.1. The van der Waals surface area contributed by atoms with Gasteiger partial charge in [-0.2, -0.15) is 5.10 Å². The van der Waals surface area contributed by atoms with Crippen molar-refractivity contribution in [1.29, 1.82) is 0 Å². The number of anilines is 1. The summed E-state index contributed by atoms with van der Waals surface area (Å²) >= 11 is 0. The summed E-state index contributed by atoms with van der Waals surface area (Å²) in [6, 6.07) is 1.94. The van der Waals surface area contributed by atoms with E-state index in [1.807, 2.05) is 24.9 Å². The Hall–Kier alpha value is -2.44. The van der Waals surface area contributed by atoms with Crippen molar-refractivity contribution in [3.8, 4) is 0 Å². The lowest BCUT2D eigenvalue weighted by Crippen LogP contribution is -2.32. The monoisotopic (exact) mass is 326 g/mol. The topological polar surface area (TPSA) is 86.8 Å². The first-order chi connectivity index (χ1) is 11.7. The SMILES string of the molecule is CNc1cc(C2CCCN2C(=O)c2n[nH]c3c2CCC3)nc(C)n1. The number of carbonyl (C=O) groups is 1. The Morgan fingerprint density at radius 2 is 2.21 bits per heavy atom. The molecule has 1 fully saturated rings. The standard InChI is InChI=1S/C17H22N6O/c1-10-19-13(9-15(18-2)20-10)14-7-4-8-23(14)17(24)16-11-5-3-6-12(11)21-22-16/h9,14H,3-8H2,1-2H3,(H,21,22)(H,18,19,20). The zero-order valence-corrected chi connectivity index (χ0v) is 14.1. The lowest BCUT2D eigenvalue weighted by Gasteiger charge is -2.24. The number of aromatic amines is 1. The molecule has 0 saturated carbocycles. The molecule has 4 rings (SSSR count). The highest BCUT2D eigenvalue weighted by Crippen LogP contribution is 2.34. The number of fused-ring (bicyclic) bond motifs is 1. The molecule has 2 aliphatic rings. The van der Waals surface area contributed by atoms with Gasteiger partial charge in [-0.15, -0.1) is 0 Å². The van der Waals surface area contributed by atoms with Crippen molar-refractivity contribution in [3.05, 3.63) is 34.5 Å². The Morgan fingerprint density at radius 1 is 1.33 bits per heavy atom. The van der Waals surface area contributed by atoms with Gasteiger partial charge in [0.05, 0.1) is 11.7 Å². The van der Waals surface area contributed by atoms with Crippen molar-refractivity contribution in [2.45, 2.75) is 45.1 Å². The van der Waals surface area contributed by atoms with Crippen LogP contribution in [0.15, 0.2) is 6.07 Å². The van der Waals surface area contributed by atoms with Crippen LogP contribution in [0.5, 0.6) is 0 Å². The van der Waals surface area contributed by atoms with Crippen LogP contribution in [0.2, 0.25) is 0 Å². The second-order valence-corrected chi connectivity index (χ2v) is 6.51. The van der Waals surface area contributed by atoms with Crippen LogP contribution in [0.25, 0.3) is 0 Å². The van der Waals surface area contributed by atoms with E-state index in [9.17, 15) is 4.79 Å². The summed E-state index contributed by atoms with van der Waals surface area (Å²) in [4.78, 5) is 23.9. The van der Waals surface area contributed by atoms with E-state index in [0.29, 0.717) is 5.69 Å². The van der Waals surface area contributed by atoms with Crippen molar-refractivity contribution in [2.75, 3.05) is 18.9 Å². The van der Waals surface area contributed by atoms with Gasteiger partial charge in [-0.3, -0.25) is 9.89 Å². The molecule has 7 heteroatoms. The first-order valence-corrected chi connectivity index (χ1v) is 8.58. The second-order valence-electron chi connectivity index (χ2n) is 6.51. The maximum atomic E-state index is 13.1. The molecule has 1 atom stereocenters. The highest BCUT2D eigenvalue weighted by Gasteiger charge is 2.35. The third kappa shape index (κ3) is 2.44. The third-order valence-electron chi connectivity index (χ3n) is 4.98. The number of hydrogen-bond donors (Lipinski definition) is 2. The molecular formula is C17H22N6O. The van der Waals surface area contributed by atoms with Gasteiger partial charge in [0.15, 0.2) is 5.69 Å². The van der Waals surface area contributed by atoms with Crippen molar-refractivity contribution in [3.63, 3.8) is 0 Å². The number of nitrogens with one attached hydrogen (secondary N) is 2. The van der Waals surface area contributed by atoms with Crippen molar-refractivity contribution in [1.82, 2.24) is 25.1 Å². The van der Waals surface area contributed by atoms with Gasteiger partial charge in [-0.1, -0.05) is 0 Å². The summed E-state index contributed by atoms with van der Waals surface area (Å²) in [6.07, 6.45) is 4.96. The predicted octanol–water partition coefficient (Wildman–Crippen LogP) is 2.02. The number of carbonyl (C=O) groups excluding carboxylic acids is 1. The zero-order chi connectivity index (χ0) is 16.7. The molecule has 1 saturated heterocycles. The molecule has 0 spiro atoms. The molecule has 2 aromatic rings. The summed E-state index contributed by atoms with van der Waals surface area (Å²) in [5.74, 6) is 1.54. The van der Waals surface area contributed by atoms with Crippen molar-refractivity contribution < 1.29 is 4.79 Å². The Morgan fingerprint density at radius 3 is 3.04 bits per heavy atom. The predicted molar refractivity (Wildman–Crippen MR) is 89.9 cm³/mol. The summed E-state index contributed by atoms with van der Waals surface area (Å²) in [6.45, 7) is 2.63. The molecule has 0 radical (unpaired) electrons. The Bertz CT molecular complexity index is 783. The van der Waals surface area contributed by atoms with Crippen LogP contribution in [0.1, 0.15) is 58.6 Å². The van der Waals surface area contributed by atoms with E-state index in [-0.39, 0.29) is 11.9 Å². The highest BCUT2D eigenvalue weighted by molar-refractivity contribution is 5.94. The minimum atomic E-state index is 0.0000491. The molecule has 1 aliphatic heterocycles. The molecule has 2 aromatic heterocycles. The van der Waals surface area contributed by atoms with E-state index in [1.165, 1.54) is 0 Å². The number of amides is 1. The number of nitrogens with zero attached hydrogens (tertiary/aromatic N) is 4. The Balaban J connectivity index is 1.65. The van der Waals surface area contributed by atoms with Crippen LogP contribution in [0.4, 0.5) is 5.82 Å². The van der Waals surface area contributed by atoms with Gasteiger partial charge in [-0.05, 0) is 39.0 Å². The quantitative estimate of drug-likeness (QED) is 0.901. The van der Waals surface area contributed by atoms with Crippen LogP contribution >= 0.6 is 0 Å². The molecule has 3 heterocycles. The minimum Gasteiger partial charge on any atom is -0.373 e. The van der Waals surface area contributed by atoms with Gasteiger partial charge in [0, 0.05) is 30.9 Å². The number of likely N-dealkylation sites (tertiary alicyclic amines) is 1. The third-order valence-corrected chi connectivity index (χ3v) is 4.98. The Labute approximate surface area is 140 Å². The number of aromatic nitrogens is 4. The number of rotatable bonds is 3. The average Bonchev–Trinajstić information content (AvgIpc) is 3.29. The van der Waals surface area contributed by atoms with E-state index >= 15 is 0 Å². The molecule has 126 valence electrons. The number of aryl methyl sites for hydroxylation is 2.